The lowest BCUT2D eigenvalue weighted by Gasteiger charge is -2.26. The number of anilines is 6. The van der Waals surface area contributed by atoms with Crippen molar-refractivity contribution in [2.45, 2.75) is 6.92 Å². The molecule has 0 aliphatic carbocycles. The largest absolute Gasteiger partial charge is 0.393 e. The smallest absolute Gasteiger partial charge is 0.189 e. The van der Waals surface area contributed by atoms with Gasteiger partial charge in [0.1, 0.15) is 12.0 Å². The van der Waals surface area contributed by atoms with Gasteiger partial charge in [0.15, 0.2) is 16.8 Å². The van der Waals surface area contributed by atoms with Gasteiger partial charge in [-0.1, -0.05) is 59.9 Å². The van der Waals surface area contributed by atoms with E-state index < -0.39 is 0 Å². The first-order valence-corrected chi connectivity index (χ1v) is 10.9. The van der Waals surface area contributed by atoms with Gasteiger partial charge in [0.2, 0.25) is 0 Å². The first-order valence-electron chi connectivity index (χ1n) is 10.1. The number of hydrogen-bond acceptors (Lipinski definition) is 8. The number of nitrogens with two attached hydrogens (primary N) is 1. The highest BCUT2D eigenvalue weighted by Gasteiger charge is 2.15. The maximum absolute atomic E-state index is 6.46. The second kappa shape index (κ2) is 8.52. The lowest BCUT2D eigenvalue weighted by atomic mass is 10.2. The molecule has 0 unspecified atom stereocenters. The Hall–Kier alpha value is -4.17. The normalized spacial score (nSPS) is 10.8. The van der Waals surface area contributed by atoms with Crippen molar-refractivity contribution < 1.29 is 0 Å². The molecule has 32 heavy (non-hydrogen) atoms. The first-order chi connectivity index (χ1) is 15.7. The highest BCUT2D eigenvalue weighted by molar-refractivity contribution is 7.22. The summed E-state index contributed by atoms with van der Waals surface area (Å²) >= 11 is 1.56. The molecule has 2 aromatic heterocycles. The molecule has 0 spiro atoms. The minimum Gasteiger partial charge on any atom is -0.393 e. The molecule has 0 saturated heterocycles. The molecule has 5 rings (SSSR count). The van der Waals surface area contributed by atoms with Gasteiger partial charge < -0.3 is 11.1 Å². The lowest BCUT2D eigenvalue weighted by molar-refractivity contribution is 1.09. The predicted molar refractivity (Wildman–Crippen MR) is 133 cm³/mol. The SMILES string of the molecule is Cc1cccc2sc(Nc3ncnc(NN(c4ccccc4)c4ccccc4)c3N)nc12. The molecule has 0 amide bonds. The molecule has 2 heterocycles. The Balaban J connectivity index is 1.47. The van der Waals surface area contributed by atoms with Gasteiger partial charge >= 0.3 is 0 Å². The van der Waals surface area contributed by atoms with Crippen LogP contribution in [0.1, 0.15) is 5.56 Å². The van der Waals surface area contributed by atoms with Crippen molar-refractivity contribution >= 4 is 55.4 Å². The van der Waals surface area contributed by atoms with Crippen LogP contribution in [0, 0.1) is 6.92 Å². The Morgan fingerprint density at radius 3 is 2.12 bits per heavy atom. The van der Waals surface area contributed by atoms with Crippen LogP contribution in [0.5, 0.6) is 0 Å². The van der Waals surface area contributed by atoms with Gasteiger partial charge in [-0.3, -0.25) is 10.4 Å². The quantitative estimate of drug-likeness (QED) is 0.284. The minimum atomic E-state index is 0.403. The van der Waals surface area contributed by atoms with E-state index in [1.165, 1.54) is 6.33 Å². The number of benzene rings is 3. The molecule has 158 valence electrons. The molecular weight excluding hydrogens is 418 g/mol. The number of aromatic nitrogens is 3. The number of thiazole rings is 1. The van der Waals surface area contributed by atoms with Crippen molar-refractivity contribution in [3.8, 4) is 0 Å². The number of rotatable bonds is 6. The Kier molecular flexibility index (Phi) is 5.27. The van der Waals surface area contributed by atoms with Gasteiger partial charge in [0.25, 0.3) is 0 Å². The van der Waals surface area contributed by atoms with Crippen LogP contribution < -0.4 is 21.5 Å². The minimum absolute atomic E-state index is 0.403. The number of aryl methyl sites for hydroxylation is 1. The van der Waals surface area contributed by atoms with E-state index in [9.17, 15) is 0 Å². The molecule has 8 heteroatoms. The fourth-order valence-corrected chi connectivity index (χ4v) is 4.31. The van der Waals surface area contributed by atoms with E-state index in [2.05, 4.69) is 39.8 Å². The van der Waals surface area contributed by atoms with Crippen molar-refractivity contribution in [1.82, 2.24) is 15.0 Å². The van der Waals surface area contributed by atoms with Gasteiger partial charge in [0, 0.05) is 0 Å². The van der Waals surface area contributed by atoms with Crippen LogP contribution in [0.25, 0.3) is 10.2 Å². The summed E-state index contributed by atoms with van der Waals surface area (Å²) in [5.41, 5.74) is 14.2. The van der Waals surface area contributed by atoms with E-state index in [0.717, 1.165) is 32.3 Å². The monoisotopic (exact) mass is 439 g/mol. The van der Waals surface area contributed by atoms with E-state index in [1.54, 1.807) is 11.3 Å². The number of nitrogen functional groups attached to an aromatic ring is 1. The molecule has 7 nitrogen and oxygen atoms in total. The van der Waals surface area contributed by atoms with E-state index in [1.807, 2.05) is 71.7 Å². The van der Waals surface area contributed by atoms with Crippen LogP contribution in [0.4, 0.5) is 33.8 Å². The van der Waals surface area contributed by atoms with E-state index >= 15 is 0 Å². The molecule has 4 N–H and O–H groups in total. The average Bonchev–Trinajstić information content (AvgIpc) is 3.25. The van der Waals surface area contributed by atoms with Crippen molar-refractivity contribution in [1.29, 1.82) is 0 Å². The van der Waals surface area contributed by atoms with Crippen molar-refractivity contribution in [2.24, 2.45) is 0 Å². The third-order valence-electron chi connectivity index (χ3n) is 4.98. The lowest BCUT2D eigenvalue weighted by Crippen LogP contribution is -2.26. The third-order valence-corrected chi connectivity index (χ3v) is 5.91. The van der Waals surface area contributed by atoms with Gasteiger partial charge in [-0.15, -0.1) is 0 Å². The maximum Gasteiger partial charge on any atom is 0.189 e. The van der Waals surface area contributed by atoms with Crippen LogP contribution in [-0.4, -0.2) is 15.0 Å². The Bertz CT molecular complexity index is 1310. The number of hydrazine groups is 1. The summed E-state index contributed by atoms with van der Waals surface area (Å²) in [7, 11) is 0. The Labute approximate surface area is 189 Å². The zero-order valence-corrected chi connectivity index (χ0v) is 18.2. The molecule has 0 atom stereocenters. The van der Waals surface area contributed by atoms with Crippen molar-refractivity contribution in [2.75, 3.05) is 21.5 Å². The number of nitrogens with zero attached hydrogens (tertiary/aromatic N) is 4. The van der Waals surface area contributed by atoms with Gasteiger partial charge in [-0.05, 0) is 42.8 Å². The summed E-state index contributed by atoms with van der Waals surface area (Å²) in [5.74, 6) is 0.993. The van der Waals surface area contributed by atoms with Crippen LogP contribution >= 0.6 is 11.3 Å². The summed E-state index contributed by atoms with van der Waals surface area (Å²) in [5, 5.41) is 5.92. The summed E-state index contributed by atoms with van der Waals surface area (Å²) in [6.45, 7) is 2.05. The molecule has 0 aliphatic heterocycles. The standard InChI is InChI=1S/C24H21N7S/c1-16-9-8-14-19-21(16)28-24(32-19)29-22-20(25)23(27-15-26-22)30-31(17-10-4-2-5-11-17)18-12-6-3-7-13-18/h2-15H,25H2,1H3,(H2,26,27,28,29,30). The molecule has 3 aromatic carbocycles. The Morgan fingerprint density at radius 1 is 0.812 bits per heavy atom. The van der Waals surface area contributed by atoms with E-state index in [4.69, 9.17) is 10.7 Å². The molecule has 0 radical (unpaired) electrons. The van der Waals surface area contributed by atoms with Gasteiger partial charge in [0.05, 0.1) is 21.6 Å². The average molecular weight is 440 g/mol. The topological polar surface area (TPSA) is 92.0 Å². The summed E-state index contributed by atoms with van der Waals surface area (Å²) in [4.78, 5) is 13.4. The van der Waals surface area contributed by atoms with E-state index in [0.29, 0.717) is 17.3 Å². The fraction of sp³-hybridized carbons (Fsp3) is 0.0417. The third kappa shape index (κ3) is 3.91. The summed E-state index contributed by atoms with van der Waals surface area (Å²) in [6, 6.07) is 26.1. The second-order valence-corrected chi connectivity index (χ2v) is 8.20. The predicted octanol–water partition coefficient (Wildman–Crippen LogP) is 5.89. The number of fused-ring (bicyclic) bond motifs is 1. The highest BCUT2D eigenvalue weighted by Crippen LogP contribution is 2.33. The van der Waals surface area contributed by atoms with Crippen LogP contribution in [0.3, 0.4) is 0 Å². The van der Waals surface area contributed by atoms with Gasteiger partial charge in [-0.2, -0.15) is 0 Å². The summed E-state index contributed by atoms with van der Waals surface area (Å²) in [6.07, 6.45) is 1.48. The molecule has 5 aromatic rings. The van der Waals surface area contributed by atoms with Gasteiger partial charge in [-0.25, -0.2) is 15.0 Å². The zero-order valence-electron chi connectivity index (χ0n) is 17.4. The highest BCUT2D eigenvalue weighted by atomic mass is 32.1. The fourth-order valence-electron chi connectivity index (χ4n) is 3.36. The van der Waals surface area contributed by atoms with Crippen LogP contribution in [0.15, 0.2) is 85.2 Å². The molecule has 0 bridgehead atoms. The van der Waals surface area contributed by atoms with Crippen molar-refractivity contribution in [3.63, 3.8) is 0 Å². The summed E-state index contributed by atoms with van der Waals surface area (Å²) < 4.78 is 1.11. The van der Waals surface area contributed by atoms with Crippen LogP contribution in [-0.2, 0) is 0 Å². The molecule has 0 aliphatic rings. The molecular formula is C24H21N7S. The Morgan fingerprint density at radius 2 is 1.47 bits per heavy atom. The van der Waals surface area contributed by atoms with Crippen molar-refractivity contribution in [3.05, 3.63) is 90.8 Å². The molecule has 0 fully saturated rings. The number of nitrogens with one attached hydrogen (secondary N) is 2. The second-order valence-electron chi connectivity index (χ2n) is 7.17. The molecule has 0 saturated carbocycles. The maximum atomic E-state index is 6.46. The number of para-hydroxylation sites is 3. The first kappa shape index (κ1) is 19.8. The number of hydrogen-bond donors (Lipinski definition) is 3. The van der Waals surface area contributed by atoms with Crippen LogP contribution in [0.2, 0.25) is 0 Å². The van der Waals surface area contributed by atoms with E-state index in [-0.39, 0.29) is 0 Å². The zero-order chi connectivity index (χ0) is 21.9.